The van der Waals surface area contributed by atoms with Gasteiger partial charge < -0.3 is 9.73 Å². The van der Waals surface area contributed by atoms with Gasteiger partial charge in [-0.25, -0.2) is 0 Å². The molecule has 6 aromatic rings. The molecule has 1 aromatic heterocycles. The average Bonchev–Trinajstić information content (AvgIpc) is 3.22. The molecule has 0 saturated heterocycles. The van der Waals surface area contributed by atoms with Crippen LogP contribution in [0.4, 0.5) is 11.4 Å². The minimum atomic E-state index is 0.891. The maximum atomic E-state index is 6.05. The summed E-state index contributed by atoms with van der Waals surface area (Å²) in [7, 11) is 0. The Balaban J connectivity index is 1.36. The molecule has 0 bridgehead atoms. The quantitative estimate of drug-likeness (QED) is 0.314. The van der Waals surface area contributed by atoms with E-state index in [9.17, 15) is 0 Å². The van der Waals surface area contributed by atoms with E-state index in [-0.39, 0.29) is 0 Å². The lowest BCUT2D eigenvalue weighted by Crippen LogP contribution is -1.91. The molecule has 0 unspecified atom stereocenters. The molecule has 5 aromatic carbocycles. The molecule has 0 atom stereocenters. The third-order valence-corrected chi connectivity index (χ3v) is 5.85. The van der Waals surface area contributed by atoms with Crippen molar-refractivity contribution < 1.29 is 4.42 Å². The number of nitrogens with one attached hydrogen (secondary N) is 1. The van der Waals surface area contributed by atoms with Crippen molar-refractivity contribution in [3.05, 3.63) is 121 Å². The minimum absolute atomic E-state index is 0.891. The summed E-state index contributed by atoms with van der Waals surface area (Å²) in [6, 6.07) is 42.1. The molecule has 0 radical (unpaired) electrons. The van der Waals surface area contributed by atoms with Crippen LogP contribution in [-0.2, 0) is 0 Å². The smallest absolute Gasteiger partial charge is 0.137 e. The van der Waals surface area contributed by atoms with Gasteiger partial charge in [0.05, 0.1) is 0 Å². The van der Waals surface area contributed by atoms with Crippen LogP contribution in [0.25, 0.3) is 44.2 Å². The summed E-state index contributed by atoms with van der Waals surface area (Å²) >= 11 is 0. The van der Waals surface area contributed by atoms with Crippen LogP contribution in [0.3, 0.4) is 0 Å². The van der Waals surface area contributed by atoms with Crippen molar-refractivity contribution in [1.82, 2.24) is 0 Å². The van der Waals surface area contributed by atoms with Crippen LogP contribution >= 0.6 is 0 Å². The summed E-state index contributed by atoms with van der Waals surface area (Å²) in [4.78, 5) is 0. The normalized spacial score (nSPS) is 11.1. The second-order valence-corrected chi connectivity index (χ2v) is 7.93. The molecule has 152 valence electrons. The highest BCUT2D eigenvalue weighted by atomic mass is 16.3. The number of furan rings is 1. The number of rotatable bonds is 4. The summed E-state index contributed by atoms with van der Waals surface area (Å²) in [6.45, 7) is 0. The van der Waals surface area contributed by atoms with Gasteiger partial charge in [-0.2, -0.15) is 0 Å². The minimum Gasteiger partial charge on any atom is -0.456 e. The summed E-state index contributed by atoms with van der Waals surface area (Å²) in [5.74, 6) is 0. The Morgan fingerprint density at radius 3 is 1.97 bits per heavy atom. The SMILES string of the molecule is c1ccc(-c2ccccc2-c2cccc(Nc3ccc4c(c3)oc3ccccc34)c2)cc1. The number of benzene rings is 5. The monoisotopic (exact) mass is 411 g/mol. The van der Waals surface area contributed by atoms with Crippen LogP contribution in [-0.4, -0.2) is 0 Å². The molecule has 0 amide bonds. The lowest BCUT2D eigenvalue weighted by atomic mass is 9.94. The fraction of sp³-hybridized carbons (Fsp3) is 0. The van der Waals surface area contributed by atoms with Gasteiger partial charge in [-0.15, -0.1) is 0 Å². The Hall–Kier alpha value is -4.30. The topological polar surface area (TPSA) is 25.2 Å². The second kappa shape index (κ2) is 7.75. The Kier molecular flexibility index (Phi) is 4.47. The molecular formula is C30H21NO. The first-order valence-electron chi connectivity index (χ1n) is 10.8. The predicted octanol–water partition coefficient (Wildman–Crippen LogP) is 8.66. The molecule has 6 rings (SSSR count). The Bertz CT molecular complexity index is 1550. The molecule has 2 heteroatoms. The number of anilines is 2. The highest BCUT2D eigenvalue weighted by Gasteiger charge is 2.09. The van der Waals surface area contributed by atoms with Gasteiger partial charge in [-0.05, 0) is 52.6 Å². The van der Waals surface area contributed by atoms with Crippen LogP contribution in [0, 0.1) is 0 Å². The largest absolute Gasteiger partial charge is 0.456 e. The van der Waals surface area contributed by atoms with E-state index < -0.39 is 0 Å². The van der Waals surface area contributed by atoms with Crippen LogP contribution in [0.5, 0.6) is 0 Å². The zero-order valence-electron chi connectivity index (χ0n) is 17.5. The van der Waals surface area contributed by atoms with Gasteiger partial charge in [0.15, 0.2) is 0 Å². The molecule has 0 fully saturated rings. The third-order valence-electron chi connectivity index (χ3n) is 5.85. The number of hydrogen-bond acceptors (Lipinski definition) is 2. The molecule has 0 aliphatic heterocycles. The van der Waals surface area contributed by atoms with Gasteiger partial charge in [-0.3, -0.25) is 0 Å². The van der Waals surface area contributed by atoms with Crippen molar-refractivity contribution in [1.29, 1.82) is 0 Å². The van der Waals surface area contributed by atoms with E-state index in [0.29, 0.717) is 0 Å². The summed E-state index contributed by atoms with van der Waals surface area (Å²) in [5.41, 5.74) is 8.70. The van der Waals surface area contributed by atoms with Gasteiger partial charge in [0.1, 0.15) is 11.2 Å². The molecule has 0 spiro atoms. The number of fused-ring (bicyclic) bond motifs is 3. The van der Waals surface area contributed by atoms with Crippen LogP contribution < -0.4 is 5.32 Å². The van der Waals surface area contributed by atoms with Crippen molar-refractivity contribution in [2.45, 2.75) is 0 Å². The zero-order valence-corrected chi connectivity index (χ0v) is 17.5. The first kappa shape index (κ1) is 18.5. The van der Waals surface area contributed by atoms with E-state index in [1.807, 2.05) is 18.2 Å². The first-order chi connectivity index (χ1) is 15.8. The van der Waals surface area contributed by atoms with Gasteiger partial charge >= 0.3 is 0 Å². The van der Waals surface area contributed by atoms with Crippen molar-refractivity contribution in [2.75, 3.05) is 5.32 Å². The van der Waals surface area contributed by atoms with Gasteiger partial charge in [0.2, 0.25) is 0 Å². The van der Waals surface area contributed by atoms with E-state index in [2.05, 4.69) is 108 Å². The van der Waals surface area contributed by atoms with E-state index in [1.54, 1.807) is 0 Å². The van der Waals surface area contributed by atoms with Gasteiger partial charge in [0, 0.05) is 28.2 Å². The molecular weight excluding hydrogens is 390 g/mol. The molecule has 0 aliphatic carbocycles. The van der Waals surface area contributed by atoms with Crippen molar-refractivity contribution in [3.8, 4) is 22.3 Å². The molecule has 0 saturated carbocycles. The van der Waals surface area contributed by atoms with Crippen LogP contribution in [0.15, 0.2) is 126 Å². The number of hydrogen-bond donors (Lipinski definition) is 1. The molecule has 0 aliphatic rings. The molecule has 32 heavy (non-hydrogen) atoms. The van der Waals surface area contributed by atoms with Crippen LogP contribution in [0.1, 0.15) is 0 Å². The first-order valence-corrected chi connectivity index (χ1v) is 10.8. The standard InChI is InChI=1S/C30H21NO/c1-2-9-21(10-3-1)25-13-4-5-14-26(25)22-11-8-12-23(19-22)31-24-17-18-28-27-15-6-7-16-29(27)32-30(28)20-24/h1-20,31H. The van der Waals surface area contributed by atoms with Crippen molar-refractivity contribution >= 4 is 33.3 Å². The molecule has 1 N–H and O–H groups in total. The maximum Gasteiger partial charge on any atom is 0.137 e. The van der Waals surface area contributed by atoms with E-state index in [4.69, 9.17) is 4.42 Å². The zero-order chi connectivity index (χ0) is 21.3. The Labute approximate surface area is 186 Å². The lowest BCUT2D eigenvalue weighted by molar-refractivity contribution is 0.669. The van der Waals surface area contributed by atoms with E-state index in [0.717, 1.165) is 33.3 Å². The molecule has 1 heterocycles. The summed E-state index contributed by atoms with van der Waals surface area (Å²) < 4.78 is 6.05. The Morgan fingerprint density at radius 2 is 1.09 bits per heavy atom. The Morgan fingerprint density at radius 1 is 0.438 bits per heavy atom. The summed E-state index contributed by atoms with van der Waals surface area (Å²) in [6.07, 6.45) is 0. The highest BCUT2D eigenvalue weighted by molar-refractivity contribution is 6.05. The van der Waals surface area contributed by atoms with Crippen molar-refractivity contribution in [3.63, 3.8) is 0 Å². The van der Waals surface area contributed by atoms with E-state index in [1.165, 1.54) is 22.3 Å². The fourth-order valence-corrected chi connectivity index (χ4v) is 4.34. The number of para-hydroxylation sites is 1. The lowest BCUT2D eigenvalue weighted by Gasteiger charge is -2.12. The average molecular weight is 412 g/mol. The fourth-order valence-electron chi connectivity index (χ4n) is 4.34. The summed E-state index contributed by atoms with van der Waals surface area (Å²) in [5, 5.41) is 5.83. The van der Waals surface area contributed by atoms with Crippen molar-refractivity contribution in [2.24, 2.45) is 0 Å². The maximum absolute atomic E-state index is 6.05. The highest BCUT2D eigenvalue weighted by Crippen LogP contribution is 2.35. The van der Waals surface area contributed by atoms with Gasteiger partial charge in [0.25, 0.3) is 0 Å². The van der Waals surface area contributed by atoms with Crippen LogP contribution in [0.2, 0.25) is 0 Å². The van der Waals surface area contributed by atoms with E-state index >= 15 is 0 Å². The molecule has 2 nitrogen and oxygen atoms in total. The van der Waals surface area contributed by atoms with Gasteiger partial charge in [-0.1, -0.05) is 84.9 Å². The second-order valence-electron chi connectivity index (χ2n) is 7.93. The predicted molar refractivity (Wildman–Crippen MR) is 134 cm³/mol. The third kappa shape index (κ3) is 3.32.